The van der Waals surface area contributed by atoms with Gasteiger partial charge in [0.05, 0.1) is 0 Å². The van der Waals surface area contributed by atoms with Crippen molar-refractivity contribution in [2.75, 3.05) is 11.4 Å². The van der Waals surface area contributed by atoms with Crippen LogP contribution in [0.15, 0.2) is 30.3 Å². The Kier molecular flexibility index (Phi) is 2.69. The molecular weight excluding hydrogens is 152 g/mol. The van der Waals surface area contributed by atoms with Crippen molar-refractivity contribution in [2.45, 2.75) is 6.92 Å². The summed E-state index contributed by atoms with van der Waals surface area (Å²) in [5.74, 6) is 0. The Morgan fingerprint density at radius 3 is 2.42 bits per heavy atom. The fourth-order valence-corrected chi connectivity index (χ4v) is 1.05. The molecule has 0 aliphatic carbocycles. The molecular formula is C9H11N2O. The molecule has 63 valence electrons. The molecule has 0 fully saturated rings. The van der Waals surface area contributed by atoms with Gasteiger partial charge in [-0.05, 0) is 19.1 Å². The van der Waals surface area contributed by atoms with Crippen molar-refractivity contribution < 1.29 is 4.79 Å². The number of benzene rings is 1. The Bertz CT molecular complexity index is 258. The minimum absolute atomic E-state index is 0.534. The number of urea groups is 1. The topological polar surface area (TPSA) is 44.1 Å². The standard InChI is InChI=1S/C9H11N2O/c1-2-11(9(10)12)8-6-4-3-5-7-8/h3-7,10H,2H2,1H3. The highest BCUT2D eigenvalue weighted by molar-refractivity contribution is 5.89. The lowest BCUT2D eigenvalue weighted by Crippen LogP contribution is -2.29. The number of anilines is 1. The molecule has 1 rings (SSSR count). The van der Waals surface area contributed by atoms with E-state index >= 15 is 0 Å². The lowest BCUT2D eigenvalue weighted by atomic mass is 10.3. The van der Waals surface area contributed by atoms with Gasteiger partial charge in [0.15, 0.2) is 0 Å². The molecule has 0 aliphatic rings. The summed E-state index contributed by atoms with van der Waals surface area (Å²) in [6.07, 6.45) is 0. The molecule has 0 aromatic heterocycles. The quantitative estimate of drug-likeness (QED) is 0.656. The minimum atomic E-state index is -0.663. The van der Waals surface area contributed by atoms with E-state index in [1.54, 1.807) is 0 Å². The number of amides is 2. The van der Waals surface area contributed by atoms with Gasteiger partial charge in [-0.25, -0.2) is 10.5 Å². The third kappa shape index (κ3) is 1.75. The van der Waals surface area contributed by atoms with Crippen molar-refractivity contribution in [2.24, 2.45) is 0 Å². The van der Waals surface area contributed by atoms with Gasteiger partial charge in [-0.3, -0.25) is 4.90 Å². The van der Waals surface area contributed by atoms with Gasteiger partial charge in [-0.1, -0.05) is 18.2 Å². The average Bonchev–Trinajstić information content (AvgIpc) is 2.07. The highest BCUT2D eigenvalue weighted by Crippen LogP contribution is 2.11. The monoisotopic (exact) mass is 163 g/mol. The van der Waals surface area contributed by atoms with Crippen LogP contribution in [-0.4, -0.2) is 12.6 Å². The summed E-state index contributed by atoms with van der Waals surface area (Å²) in [6, 6.07) is 8.54. The van der Waals surface area contributed by atoms with E-state index < -0.39 is 6.03 Å². The molecule has 0 bridgehead atoms. The fourth-order valence-electron chi connectivity index (χ4n) is 1.05. The van der Waals surface area contributed by atoms with Gasteiger partial charge in [0.25, 0.3) is 0 Å². The molecule has 0 atom stereocenters. The Morgan fingerprint density at radius 2 is 2.00 bits per heavy atom. The number of carbonyl (C=O) groups excluding carboxylic acids is 1. The van der Waals surface area contributed by atoms with Crippen LogP contribution in [0.2, 0.25) is 0 Å². The molecule has 3 nitrogen and oxygen atoms in total. The summed E-state index contributed by atoms with van der Waals surface area (Å²) in [4.78, 5) is 12.2. The van der Waals surface area contributed by atoms with Crippen molar-refractivity contribution in [3.05, 3.63) is 30.3 Å². The third-order valence-corrected chi connectivity index (χ3v) is 1.63. The number of nitrogens with one attached hydrogen (secondary N) is 1. The first-order valence-electron chi connectivity index (χ1n) is 3.84. The van der Waals surface area contributed by atoms with Crippen LogP contribution < -0.4 is 10.6 Å². The maximum atomic E-state index is 10.8. The molecule has 0 unspecified atom stereocenters. The zero-order chi connectivity index (χ0) is 8.97. The first kappa shape index (κ1) is 8.59. The van der Waals surface area contributed by atoms with Gasteiger partial charge in [0.2, 0.25) is 0 Å². The van der Waals surface area contributed by atoms with E-state index in [0.717, 1.165) is 5.69 Å². The molecule has 0 spiro atoms. The van der Waals surface area contributed by atoms with E-state index in [1.807, 2.05) is 37.3 Å². The van der Waals surface area contributed by atoms with E-state index in [1.165, 1.54) is 4.90 Å². The second-order valence-electron chi connectivity index (χ2n) is 2.38. The van der Waals surface area contributed by atoms with Gasteiger partial charge < -0.3 is 0 Å². The SMILES string of the molecule is CCN(C([NH])=O)c1ccccc1. The number of hydrogen-bond donors (Lipinski definition) is 0. The zero-order valence-corrected chi connectivity index (χ0v) is 6.95. The molecule has 3 heteroatoms. The van der Waals surface area contributed by atoms with Gasteiger partial charge in [0.1, 0.15) is 0 Å². The molecule has 1 aromatic carbocycles. The first-order valence-corrected chi connectivity index (χ1v) is 3.84. The number of para-hydroxylation sites is 1. The summed E-state index contributed by atoms with van der Waals surface area (Å²) >= 11 is 0. The van der Waals surface area contributed by atoms with Crippen molar-refractivity contribution in [1.29, 1.82) is 0 Å². The molecule has 1 radical (unpaired) electrons. The normalized spacial score (nSPS) is 9.42. The summed E-state index contributed by atoms with van der Waals surface area (Å²) in [6.45, 7) is 2.38. The van der Waals surface area contributed by atoms with Crippen LogP contribution in [0.1, 0.15) is 6.92 Å². The highest BCUT2D eigenvalue weighted by Gasteiger charge is 2.08. The number of nitrogens with zero attached hydrogens (tertiary/aromatic N) is 1. The van der Waals surface area contributed by atoms with Gasteiger partial charge in [-0.15, -0.1) is 0 Å². The maximum absolute atomic E-state index is 10.8. The van der Waals surface area contributed by atoms with Crippen LogP contribution in [0.3, 0.4) is 0 Å². The zero-order valence-electron chi connectivity index (χ0n) is 6.95. The third-order valence-electron chi connectivity index (χ3n) is 1.63. The van der Waals surface area contributed by atoms with E-state index in [-0.39, 0.29) is 0 Å². The van der Waals surface area contributed by atoms with Crippen LogP contribution in [0.5, 0.6) is 0 Å². The molecule has 0 saturated heterocycles. The van der Waals surface area contributed by atoms with Crippen LogP contribution in [0, 0.1) is 0 Å². The Balaban J connectivity index is 2.88. The van der Waals surface area contributed by atoms with Gasteiger partial charge >= 0.3 is 6.03 Å². The predicted molar refractivity (Wildman–Crippen MR) is 48.0 cm³/mol. The minimum Gasteiger partial charge on any atom is -0.293 e. The fraction of sp³-hybridized carbons (Fsp3) is 0.222. The molecule has 0 heterocycles. The van der Waals surface area contributed by atoms with E-state index in [4.69, 9.17) is 5.73 Å². The smallest absolute Gasteiger partial charge is 0.293 e. The largest absolute Gasteiger partial charge is 0.340 e. The maximum Gasteiger partial charge on any atom is 0.340 e. The first-order chi connectivity index (χ1) is 5.75. The van der Waals surface area contributed by atoms with Crippen molar-refractivity contribution in [3.8, 4) is 0 Å². The van der Waals surface area contributed by atoms with Gasteiger partial charge in [0, 0.05) is 12.2 Å². The molecule has 12 heavy (non-hydrogen) atoms. The second kappa shape index (κ2) is 3.76. The predicted octanol–water partition coefficient (Wildman–Crippen LogP) is 1.92. The Hall–Kier alpha value is -1.51. The van der Waals surface area contributed by atoms with Crippen molar-refractivity contribution >= 4 is 11.7 Å². The molecule has 0 saturated carbocycles. The molecule has 0 aliphatic heterocycles. The summed E-state index contributed by atoms with van der Waals surface area (Å²) in [7, 11) is 0. The van der Waals surface area contributed by atoms with Crippen LogP contribution in [0.4, 0.5) is 10.5 Å². The lowest BCUT2D eigenvalue weighted by molar-refractivity contribution is 0.253. The van der Waals surface area contributed by atoms with E-state index in [9.17, 15) is 4.79 Å². The van der Waals surface area contributed by atoms with E-state index in [2.05, 4.69) is 0 Å². The molecule has 1 aromatic rings. The summed E-state index contributed by atoms with van der Waals surface area (Å²) in [5, 5.41) is 0. The van der Waals surface area contributed by atoms with E-state index in [0.29, 0.717) is 6.54 Å². The second-order valence-corrected chi connectivity index (χ2v) is 2.38. The molecule has 1 N–H and O–H groups in total. The summed E-state index contributed by atoms with van der Waals surface area (Å²) < 4.78 is 0. The lowest BCUT2D eigenvalue weighted by Gasteiger charge is -2.16. The number of hydrogen-bond acceptors (Lipinski definition) is 1. The summed E-state index contributed by atoms with van der Waals surface area (Å²) in [5.41, 5.74) is 7.74. The number of rotatable bonds is 2. The Morgan fingerprint density at radius 1 is 1.42 bits per heavy atom. The van der Waals surface area contributed by atoms with Crippen molar-refractivity contribution in [3.63, 3.8) is 0 Å². The number of carbonyl (C=O) groups is 1. The van der Waals surface area contributed by atoms with Gasteiger partial charge in [-0.2, -0.15) is 0 Å². The van der Waals surface area contributed by atoms with Crippen LogP contribution >= 0.6 is 0 Å². The van der Waals surface area contributed by atoms with Crippen LogP contribution in [0.25, 0.3) is 0 Å². The van der Waals surface area contributed by atoms with Crippen LogP contribution in [-0.2, 0) is 0 Å². The molecule has 2 amide bonds. The Labute approximate surface area is 71.8 Å². The highest BCUT2D eigenvalue weighted by atomic mass is 16.2. The van der Waals surface area contributed by atoms with Crippen molar-refractivity contribution in [1.82, 2.24) is 5.73 Å². The average molecular weight is 163 g/mol.